The Morgan fingerprint density at radius 1 is 1.14 bits per heavy atom. The highest BCUT2D eigenvalue weighted by atomic mass is 35.5. The molecule has 106 valence electrons. The first-order chi connectivity index (χ1) is 10.2. The van der Waals surface area contributed by atoms with Gasteiger partial charge in [0.1, 0.15) is 6.54 Å². The summed E-state index contributed by atoms with van der Waals surface area (Å²) < 4.78 is 1.70. The monoisotopic (exact) mass is 299 g/mol. The molecule has 0 aliphatic rings. The molecule has 4 nitrogen and oxygen atoms in total. The topological polar surface area (TPSA) is 46.9 Å². The molecule has 0 atom stereocenters. The number of nitrogens with one attached hydrogen (secondary N) is 1. The maximum absolute atomic E-state index is 12.0. The number of carbonyl (C=O) groups excluding carboxylic acids is 1. The van der Waals surface area contributed by atoms with Crippen LogP contribution < -0.4 is 5.32 Å². The fraction of sp³-hybridized carbons (Fsp3) is 0.125. The van der Waals surface area contributed by atoms with E-state index in [2.05, 4.69) is 10.4 Å². The maximum atomic E-state index is 12.0. The van der Waals surface area contributed by atoms with Gasteiger partial charge in [-0.2, -0.15) is 5.10 Å². The number of nitrogens with zero attached hydrogens (tertiary/aromatic N) is 2. The molecule has 5 heteroatoms. The van der Waals surface area contributed by atoms with E-state index in [0.717, 1.165) is 16.5 Å². The van der Waals surface area contributed by atoms with Gasteiger partial charge in [-0.15, -0.1) is 0 Å². The van der Waals surface area contributed by atoms with Gasteiger partial charge in [-0.05, 0) is 23.8 Å². The highest BCUT2D eigenvalue weighted by Gasteiger charge is 2.07. The highest BCUT2D eigenvalue weighted by Crippen LogP contribution is 2.12. The van der Waals surface area contributed by atoms with Gasteiger partial charge in [-0.3, -0.25) is 9.48 Å². The molecular formula is C16H14ClN3O. The second-order valence-electron chi connectivity index (χ2n) is 4.76. The lowest BCUT2D eigenvalue weighted by atomic mass is 10.2. The molecule has 0 unspecified atom stereocenters. The molecule has 1 heterocycles. The van der Waals surface area contributed by atoms with E-state index in [4.69, 9.17) is 11.6 Å². The first kappa shape index (κ1) is 13.6. The summed E-state index contributed by atoms with van der Waals surface area (Å²) in [7, 11) is 0. The number of amides is 1. The van der Waals surface area contributed by atoms with Crippen molar-refractivity contribution in [1.82, 2.24) is 15.1 Å². The third-order valence-electron chi connectivity index (χ3n) is 3.25. The van der Waals surface area contributed by atoms with Crippen LogP contribution in [0.3, 0.4) is 0 Å². The third kappa shape index (κ3) is 3.23. The molecule has 1 amide bonds. The Morgan fingerprint density at radius 3 is 2.71 bits per heavy atom. The van der Waals surface area contributed by atoms with Crippen LogP contribution in [0.25, 0.3) is 10.9 Å². The number of rotatable bonds is 4. The summed E-state index contributed by atoms with van der Waals surface area (Å²) in [5.74, 6) is -0.0706. The zero-order valence-corrected chi connectivity index (χ0v) is 12.0. The number of hydrogen-bond donors (Lipinski definition) is 1. The van der Waals surface area contributed by atoms with Gasteiger partial charge in [0.2, 0.25) is 5.91 Å². The summed E-state index contributed by atoms with van der Waals surface area (Å²) in [6.45, 7) is 0.691. The van der Waals surface area contributed by atoms with Crippen molar-refractivity contribution in [1.29, 1.82) is 0 Å². The van der Waals surface area contributed by atoms with E-state index in [9.17, 15) is 4.79 Å². The molecular weight excluding hydrogens is 286 g/mol. The second-order valence-corrected chi connectivity index (χ2v) is 5.20. The molecule has 0 aliphatic carbocycles. The van der Waals surface area contributed by atoms with Gasteiger partial charge in [0.15, 0.2) is 0 Å². The first-order valence-electron chi connectivity index (χ1n) is 6.64. The van der Waals surface area contributed by atoms with Crippen molar-refractivity contribution in [3.8, 4) is 0 Å². The molecule has 0 spiro atoms. The SMILES string of the molecule is O=C(Cn1ncc2ccccc21)NCc1ccc(Cl)cc1. The fourth-order valence-corrected chi connectivity index (χ4v) is 2.27. The molecule has 3 rings (SSSR count). The summed E-state index contributed by atoms with van der Waals surface area (Å²) in [6, 6.07) is 15.2. The predicted octanol–water partition coefficient (Wildman–Crippen LogP) is 3.01. The molecule has 0 aliphatic heterocycles. The molecule has 0 saturated heterocycles. The first-order valence-corrected chi connectivity index (χ1v) is 7.02. The Kier molecular flexibility index (Phi) is 3.88. The lowest BCUT2D eigenvalue weighted by molar-refractivity contribution is -0.121. The van der Waals surface area contributed by atoms with Gasteiger partial charge in [0.25, 0.3) is 0 Å². The lowest BCUT2D eigenvalue weighted by Gasteiger charge is -2.06. The van der Waals surface area contributed by atoms with Crippen LogP contribution >= 0.6 is 11.6 Å². The Bertz CT molecular complexity index is 765. The number of hydrogen-bond acceptors (Lipinski definition) is 2. The molecule has 0 fully saturated rings. The average molecular weight is 300 g/mol. The zero-order valence-electron chi connectivity index (χ0n) is 11.3. The predicted molar refractivity (Wildman–Crippen MR) is 83.0 cm³/mol. The van der Waals surface area contributed by atoms with Crippen molar-refractivity contribution in [2.24, 2.45) is 0 Å². The van der Waals surface area contributed by atoms with E-state index in [0.29, 0.717) is 11.6 Å². The number of fused-ring (bicyclic) bond motifs is 1. The Hall–Kier alpha value is -2.33. The van der Waals surface area contributed by atoms with Crippen LogP contribution in [-0.2, 0) is 17.9 Å². The largest absolute Gasteiger partial charge is 0.350 e. The van der Waals surface area contributed by atoms with Gasteiger partial charge >= 0.3 is 0 Å². The van der Waals surface area contributed by atoms with E-state index in [1.165, 1.54) is 0 Å². The third-order valence-corrected chi connectivity index (χ3v) is 3.50. The van der Waals surface area contributed by atoms with Crippen LogP contribution in [0.5, 0.6) is 0 Å². The van der Waals surface area contributed by atoms with E-state index in [1.54, 1.807) is 10.9 Å². The molecule has 2 aromatic carbocycles. The minimum atomic E-state index is -0.0706. The fourth-order valence-electron chi connectivity index (χ4n) is 2.15. The van der Waals surface area contributed by atoms with Crippen molar-refractivity contribution in [2.75, 3.05) is 0 Å². The highest BCUT2D eigenvalue weighted by molar-refractivity contribution is 6.30. The quantitative estimate of drug-likeness (QED) is 0.805. The number of benzene rings is 2. The van der Waals surface area contributed by atoms with Crippen LogP contribution in [0, 0.1) is 0 Å². The number of aromatic nitrogens is 2. The molecule has 1 N–H and O–H groups in total. The molecule has 3 aromatic rings. The molecule has 0 saturated carbocycles. The van der Waals surface area contributed by atoms with Crippen molar-refractivity contribution in [2.45, 2.75) is 13.1 Å². The summed E-state index contributed by atoms with van der Waals surface area (Å²) >= 11 is 5.83. The van der Waals surface area contributed by atoms with Crippen LogP contribution in [0.15, 0.2) is 54.7 Å². The van der Waals surface area contributed by atoms with Crippen LogP contribution in [0.1, 0.15) is 5.56 Å². The average Bonchev–Trinajstić information content (AvgIpc) is 2.90. The smallest absolute Gasteiger partial charge is 0.242 e. The van der Waals surface area contributed by atoms with Gasteiger partial charge in [0, 0.05) is 17.0 Å². The van der Waals surface area contributed by atoms with E-state index in [1.807, 2.05) is 48.5 Å². The minimum Gasteiger partial charge on any atom is -0.350 e. The maximum Gasteiger partial charge on any atom is 0.242 e. The van der Waals surface area contributed by atoms with E-state index in [-0.39, 0.29) is 12.5 Å². The van der Waals surface area contributed by atoms with Crippen LogP contribution in [0.4, 0.5) is 0 Å². The number of para-hydroxylation sites is 1. The lowest BCUT2D eigenvalue weighted by Crippen LogP contribution is -2.27. The second kappa shape index (κ2) is 5.97. The van der Waals surface area contributed by atoms with Gasteiger partial charge in [-0.25, -0.2) is 0 Å². The Balaban J connectivity index is 1.62. The van der Waals surface area contributed by atoms with Crippen molar-refractivity contribution in [3.05, 3.63) is 65.3 Å². The minimum absolute atomic E-state index is 0.0706. The van der Waals surface area contributed by atoms with Crippen molar-refractivity contribution >= 4 is 28.4 Å². The van der Waals surface area contributed by atoms with Crippen LogP contribution in [0.2, 0.25) is 5.02 Å². The van der Waals surface area contributed by atoms with Gasteiger partial charge < -0.3 is 5.32 Å². The molecule has 1 aromatic heterocycles. The molecule has 0 radical (unpaired) electrons. The van der Waals surface area contributed by atoms with Crippen molar-refractivity contribution < 1.29 is 4.79 Å². The summed E-state index contributed by atoms with van der Waals surface area (Å²) in [5, 5.41) is 8.84. The van der Waals surface area contributed by atoms with E-state index < -0.39 is 0 Å². The Labute approximate surface area is 127 Å². The Morgan fingerprint density at radius 2 is 1.90 bits per heavy atom. The zero-order chi connectivity index (χ0) is 14.7. The van der Waals surface area contributed by atoms with E-state index >= 15 is 0 Å². The molecule has 0 bridgehead atoms. The van der Waals surface area contributed by atoms with Crippen LogP contribution in [-0.4, -0.2) is 15.7 Å². The standard InChI is InChI=1S/C16H14ClN3O/c17-14-7-5-12(6-8-14)9-18-16(21)11-20-15-4-2-1-3-13(15)10-19-20/h1-8,10H,9,11H2,(H,18,21). The normalized spacial score (nSPS) is 10.7. The summed E-state index contributed by atoms with van der Waals surface area (Å²) in [6.07, 6.45) is 1.77. The van der Waals surface area contributed by atoms with Gasteiger partial charge in [-0.1, -0.05) is 41.9 Å². The summed E-state index contributed by atoms with van der Waals surface area (Å²) in [4.78, 5) is 12.0. The molecule has 21 heavy (non-hydrogen) atoms. The van der Waals surface area contributed by atoms with Crippen molar-refractivity contribution in [3.63, 3.8) is 0 Å². The van der Waals surface area contributed by atoms with Gasteiger partial charge in [0.05, 0.1) is 11.7 Å². The number of carbonyl (C=O) groups is 1. The number of halogens is 1. The summed E-state index contributed by atoms with van der Waals surface area (Å²) in [5.41, 5.74) is 1.97.